The highest BCUT2D eigenvalue weighted by atomic mass is 16.6. The van der Waals surface area contributed by atoms with Crippen molar-refractivity contribution in [2.45, 2.75) is 58.3 Å². The first kappa shape index (κ1) is 25.6. The molecule has 176 valence electrons. The standard InChI is InChI=1S/C24H35N3O5/c1-17(28)20(21(29)27-31)26-16-24(14-15-25-22(30)32-23(2,3)4)12-10-19(11-13-24)18-8-6-5-7-9-18/h5-12,17,20,26,28,31H,13-16H2,1-4H3,(H,25,30)(H,27,29)/t17-,20+,24?/m1/s1. The predicted octanol–water partition coefficient (Wildman–Crippen LogP) is 2.78. The van der Waals surface area contributed by atoms with Gasteiger partial charge in [-0.2, -0.15) is 0 Å². The molecule has 0 heterocycles. The summed E-state index contributed by atoms with van der Waals surface area (Å²) in [5, 5.41) is 24.8. The molecule has 0 aliphatic heterocycles. The maximum atomic E-state index is 12.0. The van der Waals surface area contributed by atoms with Crippen molar-refractivity contribution < 1.29 is 24.6 Å². The Kier molecular flexibility index (Phi) is 9.00. The first-order valence-corrected chi connectivity index (χ1v) is 10.8. The third kappa shape index (κ3) is 7.78. The van der Waals surface area contributed by atoms with Crippen LogP contribution in [0, 0.1) is 5.41 Å². The molecule has 1 unspecified atom stereocenters. The van der Waals surface area contributed by atoms with Crippen LogP contribution >= 0.6 is 0 Å². The van der Waals surface area contributed by atoms with Crippen molar-refractivity contribution in [3.05, 3.63) is 54.1 Å². The summed E-state index contributed by atoms with van der Waals surface area (Å²) in [5.74, 6) is -0.706. The SMILES string of the molecule is C[C@@H](O)[C@H](NCC1(CCNC(=O)OC(C)(C)C)C=CC(c2ccccc2)=CC1)C(=O)NO. The zero-order valence-electron chi connectivity index (χ0n) is 19.2. The van der Waals surface area contributed by atoms with E-state index in [1.165, 1.54) is 6.92 Å². The molecule has 0 fully saturated rings. The Morgan fingerprint density at radius 2 is 1.91 bits per heavy atom. The summed E-state index contributed by atoms with van der Waals surface area (Å²) in [7, 11) is 0. The number of ether oxygens (including phenoxy) is 1. The van der Waals surface area contributed by atoms with Crippen molar-refractivity contribution in [3.8, 4) is 0 Å². The molecule has 32 heavy (non-hydrogen) atoms. The lowest BCUT2D eigenvalue weighted by Gasteiger charge is -2.35. The van der Waals surface area contributed by atoms with E-state index in [0.717, 1.165) is 11.1 Å². The number of nitrogens with one attached hydrogen (secondary N) is 3. The third-order valence-corrected chi connectivity index (χ3v) is 5.29. The average Bonchev–Trinajstić information content (AvgIpc) is 2.73. The smallest absolute Gasteiger partial charge is 0.407 e. The number of amides is 2. The van der Waals surface area contributed by atoms with Gasteiger partial charge in [0.1, 0.15) is 11.6 Å². The number of hydrogen-bond acceptors (Lipinski definition) is 6. The minimum absolute atomic E-state index is 0.362. The highest BCUT2D eigenvalue weighted by Crippen LogP contribution is 2.35. The Hall–Kier alpha value is -2.68. The van der Waals surface area contributed by atoms with Crippen LogP contribution in [0.25, 0.3) is 5.57 Å². The number of hydrogen-bond donors (Lipinski definition) is 5. The van der Waals surface area contributed by atoms with Gasteiger partial charge in [0, 0.05) is 18.5 Å². The lowest BCUT2D eigenvalue weighted by molar-refractivity contribution is -0.134. The van der Waals surface area contributed by atoms with E-state index in [0.29, 0.717) is 25.9 Å². The summed E-state index contributed by atoms with van der Waals surface area (Å²) in [6.45, 7) is 7.64. The highest BCUT2D eigenvalue weighted by Gasteiger charge is 2.32. The van der Waals surface area contributed by atoms with Crippen LogP contribution in [-0.2, 0) is 9.53 Å². The maximum absolute atomic E-state index is 12.0. The fraction of sp³-hybridized carbons (Fsp3) is 0.500. The van der Waals surface area contributed by atoms with Crippen LogP contribution in [-0.4, -0.2) is 53.2 Å². The number of aliphatic hydroxyl groups excluding tert-OH is 1. The van der Waals surface area contributed by atoms with Gasteiger partial charge in [0.05, 0.1) is 6.10 Å². The van der Waals surface area contributed by atoms with E-state index in [-0.39, 0.29) is 0 Å². The molecule has 1 aromatic carbocycles. The number of carbonyl (C=O) groups excluding carboxylic acids is 2. The molecule has 8 heteroatoms. The van der Waals surface area contributed by atoms with Crippen LogP contribution in [0.2, 0.25) is 0 Å². The normalized spacial score (nSPS) is 20.1. The summed E-state index contributed by atoms with van der Waals surface area (Å²) in [6, 6.07) is 9.05. The summed E-state index contributed by atoms with van der Waals surface area (Å²) < 4.78 is 5.30. The average molecular weight is 446 g/mol. The number of hydroxylamine groups is 1. The van der Waals surface area contributed by atoms with E-state index < -0.39 is 35.2 Å². The fourth-order valence-corrected chi connectivity index (χ4v) is 3.56. The molecule has 0 spiro atoms. The predicted molar refractivity (Wildman–Crippen MR) is 123 cm³/mol. The van der Waals surface area contributed by atoms with Crippen LogP contribution in [0.5, 0.6) is 0 Å². The molecule has 1 aliphatic carbocycles. The largest absolute Gasteiger partial charge is 0.444 e. The van der Waals surface area contributed by atoms with Gasteiger partial charge in [0.25, 0.3) is 5.91 Å². The van der Waals surface area contributed by atoms with Gasteiger partial charge in [-0.3, -0.25) is 10.0 Å². The molecule has 0 aromatic heterocycles. The van der Waals surface area contributed by atoms with E-state index in [1.54, 1.807) is 26.3 Å². The quantitative estimate of drug-likeness (QED) is 0.295. The van der Waals surface area contributed by atoms with Crippen LogP contribution in [0.15, 0.2) is 48.6 Å². The Morgan fingerprint density at radius 1 is 1.22 bits per heavy atom. The van der Waals surface area contributed by atoms with Crippen molar-refractivity contribution in [2.24, 2.45) is 5.41 Å². The van der Waals surface area contributed by atoms with Gasteiger partial charge in [-0.05, 0) is 51.7 Å². The monoisotopic (exact) mass is 445 g/mol. The van der Waals surface area contributed by atoms with Crippen LogP contribution in [0.1, 0.15) is 46.1 Å². The lowest BCUT2D eigenvalue weighted by Crippen LogP contribution is -2.52. The summed E-state index contributed by atoms with van der Waals surface area (Å²) in [6.07, 6.45) is 6.02. The van der Waals surface area contributed by atoms with Crippen LogP contribution in [0.4, 0.5) is 4.79 Å². The molecule has 5 N–H and O–H groups in total. The molecule has 0 radical (unpaired) electrons. The first-order chi connectivity index (χ1) is 15.1. The van der Waals surface area contributed by atoms with E-state index in [9.17, 15) is 14.7 Å². The van der Waals surface area contributed by atoms with Crippen LogP contribution < -0.4 is 16.1 Å². The summed E-state index contributed by atoms with van der Waals surface area (Å²) >= 11 is 0. The van der Waals surface area contributed by atoms with Gasteiger partial charge in [0.15, 0.2) is 0 Å². The fourth-order valence-electron chi connectivity index (χ4n) is 3.56. The lowest BCUT2D eigenvalue weighted by atomic mass is 9.76. The molecule has 0 saturated heterocycles. The second kappa shape index (κ2) is 11.3. The number of benzene rings is 1. The van der Waals surface area contributed by atoms with E-state index in [1.807, 2.05) is 36.4 Å². The van der Waals surface area contributed by atoms with Gasteiger partial charge in [0.2, 0.25) is 0 Å². The molecule has 2 amide bonds. The molecular formula is C24H35N3O5. The van der Waals surface area contributed by atoms with Crippen LogP contribution in [0.3, 0.4) is 0 Å². The number of alkyl carbamates (subject to hydrolysis) is 1. The molecule has 1 aromatic rings. The molecule has 1 aliphatic rings. The first-order valence-electron chi connectivity index (χ1n) is 10.8. The molecule has 0 saturated carbocycles. The Balaban J connectivity index is 2.11. The summed E-state index contributed by atoms with van der Waals surface area (Å²) in [5.41, 5.74) is 2.81. The minimum Gasteiger partial charge on any atom is -0.444 e. The summed E-state index contributed by atoms with van der Waals surface area (Å²) in [4.78, 5) is 23.9. The molecule has 8 nitrogen and oxygen atoms in total. The van der Waals surface area contributed by atoms with E-state index in [2.05, 4.69) is 22.8 Å². The van der Waals surface area contributed by atoms with E-state index >= 15 is 0 Å². The van der Waals surface area contributed by atoms with Gasteiger partial charge in [-0.25, -0.2) is 10.3 Å². The van der Waals surface area contributed by atoms with Gasteiger partial charge in [-0.15, -0.1) is 0 Å². The van der Waals surface area contributed by atoms with Crippen molar-refractivity contribution in [3.63, 3.8) is 0 Å². The van der Waals surface area contributed by atoms with E-state index in [4.69, 9.17) is 9.94 Å². The Labute approximate surface area is 189 Å². The van der Waals surface area contributed by atoms with Gasteiger partial charge >= 0.3 is 6.09 Å². The molecule has 2 rings (SSSR count). The van der Waals surface area contributed by atoms with Crippen molar-refractivity contribution in [1.29, 1.82) is 0 Å². The van der Waals surface area contributed by atoms with Gasteiger partial charge < -0.3 is 20.5 Å². The minimum atomic E-state index is -0.998. The maximum Gasteiger partial charge on any atom is 0.407 e. The Bertz CT molecular complexity index is 830. The van der Waals surface area contributed by atoms with Gasteiger partial charge in [-0.1, -0.05) is 48.6 Å². The number of rotatable bonds is 9. The highest BCUT2D eigenvalue weighted by molar-refractivity contribution is 5.81. The number of allylic oxidation sites excluding steroid dienone is 3. The zero-order chi connectivity index (χ0) is 23.8. The van der Waals surface area contributed by atoms with Crippen molar-refractivity contribution in [2.75, 3.05) is 13.1 Å². The topological polar surface area (TPSA) is 120 Å². The number of carbonyl (C=O) groups is 2. The molecule has 0 bridgehead atoms. The second-order valence-electron chi connectivity index (χ2n) is 9.18. The van der Waals surface area contributed by atoms with Crippen molar-refractivity contribution in [1.82, 2.24) is 16.1 Å². The number of aliphatic hydroxyl groups is 1. The zero-order valence-corrected chi connectivity index (χ0v) is 19.2. The molecular weight excluding hydrogens is 410 g/mol. The Morgan fingerprint density at radius 3 is 2.44 bits per heavy atom. The van der Waals surface area contributed by atoms with Crippen molar-refractivity contribution >= 4 is 17.6 Å². The molecule has 3 atom stereocenters. The second-order valence-corrected chi connectivity index (χ2v) is 9.18. The third-order valence-electron chi connectivity index (χ3n) is 5.29.